The lowest BCUT2D eigenvalue weighted by molar-refractivity contribution is -0.134. The molecule has 3 rings (SSSR count). The van der Waals surface area contributed by atoms with Gasteiger partial charge in [0.2, 0.25) is 5.91 Å². The van der Waals surface area contributed by atoms with E-state index in [0.29, 0.717) is 12.5 Å². The van der Waals surface area contributed by atoms with Gasteiger partial charge in [-0.1, -0.05) is 24.3 Å². The molecule has 5 heteroatoms. The Morgan fingerprint density at radius 2 is 2.09 bits per heavy atom. The Morgan fingerprint density at radius 3 is 2.73 bits per heavy atom. The molecule has 0 aromatic heterocycles. The van der Waals surface area contributed by atoms with Gasteiger partial charge in [-0.15, -0.1) is 0 Å². The van der Waals surface area contributed by atoms with Gasteiger partial charge in [0.05, 0.1) is 12.6 Å². The second-order valence-electron chi connectivity index (χ2n) is 6.62. The molecule has 2 aliphatic heterocycles. The van der Waals surface area contributed by atoms with Crippen LogP contribution in [0.3, 0.4) is 0 Å². The van der Waals surface area contributed by atoms with E-state index in [-0.39, 0.29) is 18.4 Å². The van der Waals surface area contributed by atoms with E-state index < -0.39 is 18.5 Å². The number of benzene rings is 1. The van der Waals surface area contributed by atoms with E-state index in [2.05, 4.69) is 24.4 Å². The molecule has 3 unspecified atom stereocenters. The third-order valence-electron chi connectivity index (χ3n) is 4.89. The predicted molar refractivity (Wildman–Crippen MR) is 81.1 cm³/mol. The summed E-state index contributed by atoms with van der Waals surface area (Å²) in [4.78, 5) is 14.3. The van der Waals surface area contributed by atoms with Crippen LogP contribution in [0.1, 0.15) is 36.8 Å². The summed E-state index contributed by atoms with van der Waals surface area (Å²) >= 11 is 0. The normalized spacial score (nSPS) is 30.7. The minimum absolute atomic E-state index is 0.0909. The summed E-state index contributed by atoms with van der Waals surface area (Å²) in [6, 6.07) is 7.54. The lowest BCUT2D eigenvalue weighted by Crippen LogP contribution is -2.45. The minimum Gasteiger partial charge on any atom is -0.338 e. The summed E-state index contributed by atoms with van der Waals surface area (Å²) in [6.07, 6.45) is 0.504. The summed E-state index contributed by atoms with van der Waals surface area (Å²) < 4.78 is 26.6. The summed E-state index contributed by atoms with van der Waals surface area (Å²) in [5.74, 6) is -2.65. The van der Waals surface area contributed by atoms with Gasteiger partial charge in [0.15, 0.2) is 0 Å². The number of halogens is 2. The number of alkyl halides is 2. The first kappa shape index (κ1) is 15.4. The van der Waals surface area contributed by atoms with Crippen LogP contribution in [-0.4, -0.2) is 41.9 Å². The van der Waals surface area contributed by atoms with Crippen molar-refractivity contribution in [2.75, 3.05) is 13.1 Å². The number of hydrogen-bond donors (Lipinski definition) is 1. The van der Waals surface area contributed by atoms with Crippen molar-refractivity contribution in [2.45, 2.75) is 50.6 Å². The van der Waals surface area contributed by atoms with Crippen LogP contribution < -0.4 is 5.32 Å². The smallest absolute Gasteiger partial charge is 0.262 e. The van der Waals surface area contributed by atoms with Gasteiger partial charge in [-0.3, -0.25) is 10.1 Å². The number of rotatable bonds is 2. The third kappa shape index (κ3) is 2.86. The zero-order valence-corrected chi connectivity index (χ0v) is 13.0. The number of hydrogen-bond acceptors (Lipinski definition) is 2. The standard InChI is InChI=1S/C17H22F2N2O/c1-11-5-3-4-6-14(11)13-7-12(2)21(9-13)16(22)15-8-17(18,19)10-20-15/h3-6,12-13,15,20H,7-10H2,1-2H3. The number of nitrogens with zero attached hydrogens (tertiary/aromatic N) is 1. The first-order chi connectivity index (χ1) is 10.4. The van der Waals surface area contributed by atoms with Gasteiger partial charge in [0.1, 0.15) is 0 Å². The van der Waals surface area contributed by atoms with E-state index in [1.807, 2.05) is 19.1 Å². The van der Waals surface area contributed by atoms with Gasteiger partial charge in [0.25, 0.3) is 5.92 Å². The predicted octanol–water partition coefficient (Wildman–Crippen LogP) is 2.70. The molecule has 2 heterocycles. The zero-order valence-electron chi connectivity index (χ0n) is 13.0. The van der Waals surface area contributed by atoms with Crippen molar-refractivity contribution in [3.63, 3.8) is 0 Å². The molecule has 3 nitrogen and oxygen atoms in total. The first-order valence-corrected chi connectivity index (χ1v) is 7.84. The molecule has 1 aromatic carbocycles. The summed E-state index contributed by atoms with van der Waals surface area (Å²) in [7, 11) is 0. The van der Waals surface area contributed by atoms with Gasteiger partial charge >= 0.3 is 0 Å². The van der Waals surface area contributed by atoms with Crippen LogP contribution in [0.5, 0.6) is 0 Å². The van der Waals surface area contributed by atoms with Gasteiger partial charge in [-0.25, -0.2) is 8.78 Å². The number of amides is 1. The highest BCUT2D eigenvalue weighted by atomic mass is 19.3. The van der Waals surface area contributed by atoms with Gasteiger partial charge < -0.3 is 4.90 Å². The maximum atomic E-state index is 13.3. The highest BCUT2D eigenvalue weighted by Gasteiger charge is 2.45. The van der Waals surface area contributed by atoms with Crippen LogP contribution in [-0.2, 0) is 4.79 Å². The summed E-state index contributed by atoms with van der Waals surface area (Å²) in [6.45, 7) is 4.30. The van der Waals surface area contributed by atoms with Crippen molar-refractivity contribution in [3.8, 4) is 0 Å². The summed E-state index contributed by atoms with van der Waals surface area (Å²) in [5.41, 5.74) is 2.48. The van der Waals surface area contributed by atoms with Crippen molar-refractivity contribution in [3.05, 3.63) is 35.4 Å². The molecule has 22 heavy (non-hydrogen) atoms. The fraction of sp³-hybridized carbons (Fsp3) is 0.588. The van der Waals surface area contributed by atoms with Gasteiger partial charge in [-0.2, -0.15) is 0 Å². The maximum absolute atomic E-state index is 13.3. The molecule has 0 spiro atoms. The molecule has 120 valence electrons. The molecule has 2 aliphatic rings. The molecule has 0 bridgehead atoms. The molecule has 3 atom stereocenters. The minimum atomic E-state index is -2.77. The van der Waals surface area contributed by atoms with Crippen LogP contribution in [0.2, 0.25) is 0 Å². The first-order valence-electron chi connectivity index (χ1n) is 7.84. The average Bonchev–Trinajstić information content (AvgIpc) is 3.01. The number of carbonyl (C=O) groups excluding carboxylic acids is 1. The van der Waals surface area contributed by atoms with E-state index in [4.69, 9.17) is 0 Å². The fourth-order valence-electron chi connectivity index (χ4n) is 3.70. The lowest BCUT2D eigenvalue weighted by atomic mass is 9.93. The van der Waals surface area contributed by atoms with Crippen molar-refractivity contribution in [1.82, 2.24) is 10.2 Å². The Balaban J connectivity index is 1.71. The average molecular weight is 308 g/mol. The van der Waals surface area contributed by atoms with Crippen LogP contribution in [0.4, 0.5) is 8.78 Å². The number of likely N-dealkylation sites (tertiary alicyclic amines) is 1. The molecule has 0 aliphatic carbocycles. The molecule has 2 saturated heterocycles. The highest BCUT2D eigenvalue weighted by molar-refractivity contribution is 5.83. The second kappa shape index (κ2) is 5.61. The molecular weight excluding hydrogens is 286 g/mol. The lowest BCUT2D eigenvalue weighted by Gasteiger charge is -2.25. The van der Waals surface area contributed by atoms with E-state index >= 15 is 0 Å². The highest BCUT2D eigenvalue weighted by Crippen LogP contribution is 2.35. The van der Waals surface area contributed by atoms with Gasteiger partial charge in [0, 0.05) is 24.9 Å². The van der Waals surface area contributed by atoms with Crippen LogP contribution in [0.25, 0.3) is 0 Å². The number of carbonyl (C=O) groups is 1. The third-order valence-corrected chi connectivity index (χ3v) is 4.89. The molecule has 1 aromatic rings. The Kier molecular flexibility index (Phi) is 3.93. The largest absolute Gasteiger partial charge is 0.338 e. The van der Waals surface area contributed by atoms with Crippen LogP contribution in [0, 0.1) is 6.92 Å². The Bertz CT molecular complexity index is 576. The number of aryl methyl sites for hydroxylation is 1. The Morgan fingerprint density at radius 1 is 1.36 bits per heavy atom. The molecule has 1 N–H and O–H groups in total. The molecule has 1 amide bonds. The van der Waals surface area contributed by atoms with Crippen LogP contribution >= 0.6 is 0 Å². The molecule has 2 fully saturated rings. The van der Waals surface area contributed by atoms with E-state index in [1.54, 1.807) is 4.90 Å². The SMILES string of the molecule is Cc1ccccc1C1CC(C)N(C(=O)C2CC(F)(F)CN2)C1. The van der Waals surface area contributed by atoms with Crippen molar-refractivity contribution >= 4 is 5.91 Å². The van der Waals surface area contributed by atoms with E-state index in [0.717, 1.165) is 6.42 Å². The van der Waals surface area contributed by atoms with Crippen molar-refractivity contribution < 1.29 is 13.6 Å². The van der Waals surface area contributed by atoms with Crippen LogP contribution in [0.15, 0.2) is 24.3 Å². The van der Waals surface area contributed by atoms with Crippen molar-refractivity contribution in [2.24, 2.45) is 0 Å². The quantitative estimate of drug-likeness (QED) is 0.911. The Hall–Kier alpha value is -1.49. The second-order valence-corrected chi connectivity index (χ2v) is 6.62. The topological polar surface area (TPSA) is 32.3 Å². The fourth-order valence-corrected chi connectivity index (χ4v) is 3.70. The monoisotopic (exact) mass is 308 g/mol. The zero-order chi connectivity index (χ0) is 15.9. The summed E-state index contributed by atoms with van der Waals surface area (Å²) in [5, 5.41) is 2.67. The maximum Gasteiger partial charge on any atom is 0.262 e. The molecule has 0 radical (unpaired) electrons. The number of nitrogens with one attached hydrogen (secondary N) is 1. The molecule has 0 saturated carbocycles. The van der Waals surface area contributed by atoms with E-state index in [9.17, 15) is 13.6 Å². The van der Waals surface area contributed by atoms with Crippen molar-refractivity contribution in [1.29, 1.82) is 0 Å². The molecular formula is C17H22F2N2O. The Labute approximate surface area is 129 Å². The van der Waals surface area contributed by atoms with E-state index in [1.165, 1.54) is 11.1 Å². The van der Waals surface area contributed by atoms with Gasteiger partial charge in [-0.05, 0) is 31.4 Å².